The molecule has 0 aliphatic carbocycles. The second-order valence-electron chi connectivity index (χ2n) is 7.74. The Hall–Kier alpha value is -2.68. The summed E-state index contributed by atoms with van der Waals surface area (Å²) in [4.78, 5) is 9.20. The van der Waals surface area contributed by atoms with Crippen LogP contribution in [0.3, 0.4) is 0 Å². The summed E-state index contributed by atoms with van der Waals surface area (Å²) < 4.78 is 7.12. The zero-order valence-electron chi connectivity index (χ0n) is 17.7. The number of methoxy groups -OCH3 is 1. The first-order valence-electron chi connectivity index (χ1n) is 10.4. The zero-order chi connectivity index (χ0) is 20.8. The number of aromatic nitrogens is 5. The van der Waals surface area contributed by atoms with Crippen LogP contribution in [0, 0.1) is 6.92 Å². The number of ether oxygens (including phenoxy) is 1. The molecule has 3 aromatic rings. The second kappa shape index (κ2) is 9.88. The second-order valence-corrected chi connectivity index (χ2v) is 7.74. The molecular weight excluding hydrogens is 378 g/mol. The molecule has 30 heavy (non-hydrogen) atoms. The average Bonchev–Trinajstić information content (AvgIpc) is 3.24. The summed E-state index contributed by atoms with van der Waals surface area (Å²) in [7, 11) is 1.70. The van der Waals surface area contributed by atoms with Crippen LogP contribution in [0.4, 0.5) is 0 Å². The fraction of sp³-hybridized carbons (Fsp3) is 0.455. The molecule has 0 bridgehead atoms. The fourth-order valence-corrected chi connectivity index (χ4v) is 3.95. The number of nitrogens with zero attached hydrogens (tertiary/aromatic N) is 7. The third-order valence-electron chi connectivity index (χ3n) is 5.61. The van der Waals surface area contributed by atoms with Gasteiger partial charge in [0.2, 0.25) is 0 Å². The molecule has 1 saturated heterocycles. The Morgan fingerprint density at radius 3 is 2.57 bits per heavy atom. The van der Waals surface area contributed by atoms with Crippen molar-refractivity contribution in [1.82, 2.24) is 35.0 Å². The van der Waals surface area contributed by atoms with Gasteiger partial charge in [-0.05, 0) is 34.5 Å². The molecule has 8 nitrogen and oxygen atoms in total. The molecule has 0 radical (unpaired) electrons. The van der Waals surface area contributed by atoms with Crippen molar-refractivity contribution >= 4 is 0 Å². The van der Waals surface area contributed by atoms with Gasteiger partial charge in [-0.25, -0.2) is 4.68 Å². The summed E-state index contributed by atoms with van der Waals surface area (Å²) >= 11 is 0. The highest BCUT2D eigenvalue weighted by atomic mass is 16.5. The van der Waals surface area contributed by atoms with Gasteiger partial charge < -0.3 is 4.74 Å². The van der Waals surface area contributed by atoms with Crippen molar-refractivity contribution < 1.29 is 4.74 Å². The molecule has 1 atom stereocenters. The van der Waals surface area contributed by atoms with E-state index in [0.29, 0.717) is 13.2 Å². The Bertz CT molecular complexity index is 905. The van der Waals surface area contributed by atoms with E-state index in [1.807, 2.05) is 23.1 Å². The molecule has 1 aliphatic rings. The number of piperazine rings is 1. The van der Waals surface area contributed by atoms with Crippen molar-refractivity contribution in [3.05, 3.63) is 71.3 Å². The van der Waals surface area contributed by atoms with Crippen LogP contribution in [0.1, 0.15) is 28.6 Å². The molecular formula is C22H29N7O. The number of benzene rings is 1. The largest absolute Gasteiger partial charge is 0.383 e. The van der Waals surface area contributed by atoms with Gasteiger partial charge in [-0.3, -0.25) is 14.8 Å². The van der Waals surface area contributed by atoms with E-state index in [4.69, 9.17) is 4.74 Å². The smallest absolute Gasteiger partial charge is 0.173 e. The summed E-state index contributed by atoms with van der Waals surface area (Å²) in [6.45, 7) is 8.17. The first-order chi connectivity index (χ1) is 14.7. The van der Waals surface area contributed by atoms with Gasteiger partial charge in [0.25, 0.3) is 0 Å². The lowest BCUT2D eigenvalue weighted by Crippen LogP contribution is -2.48. The van der Waals surface area contributed by atoms with Crippen LogP contribution in [0.15, 0.2) is 48.8 Å². The monoisotopic (exact) mass is 407 g/mol. The highest BCUT2D eigenvalue weighted by molar-refractivity contribution is 5.28. The van der Waals surface area contributed by atoms with Gasteiger partial charge in [-0.2, -0.15) is 0 Å². The molecule has 1 aliphatic heterocycles. The van der Waals surface area contributed by atoms with Crippen molar-refractivity contribution in [3.63, 3.8) is 0 Å². The van der Waals surface area contributed by atoms with Gasteiger partial charge in [0.15, 0.2) is 5.82 Å². The Kier molecular flexibility index (Phi) is 6.78. The Balaban J connectivity index is 1.52. The lowest BCUT2D eigenvalue weighted by Gasteiger charge is -2.39. The van der Waals surface area contributed by atoms with Gasteiger partial charge in [-0.15, -0.1) is 5.10 Å². The Morgan fingerprint density at radius 2 is 1.87 bits per heavy atom. The van der Waals surface area contributed by atoms with E-state index in [1.165, 1.54) is 16.7 Å². The van der Waals surface area contributed by atoms with Crippen LogP contribution >= 0.6 is 0 Å². The van der Waals surface area contributed by atoms with Gasteiger partial charge in [0.1, 0.15) is 0 Å². The van der Waals surface area contributed by atoms with Crippen molar-refractivity contribution in [2.45, 2.75) is 26.1 Å². The highest BCUT2D eigenvalue weighted by Crippen LogP contribution is 2.28. The zero-order valence-corrected chi connectivity index (χ0v) is 17.7. The van der Waals surface area contributed by atoms with Gasteiger partial charge in [-0.1, -0.05) is 35.9 Å². The van der Waals surface area contributed by atoms with E-state index in [2.05, 4.69) is 67.6 Å². The van der Waals surface area contributed by atoms with Crippen molar-refractivity contribution in [1.29, 1.82) is 0 Å². The van der Waals surface area contributed by atoms with Crippen molar-refractivity contribution in [2.24, 2.45) is 0 Å². The predicted octanol–water partition coefficient (Wildman–Crippen LogP) is 1.93. The molecule has 0 saturated carbocycles. The normalized spacial score (nSPS) is 16.6. The standard InChI is InChI=1S/C22H29N7O/c1-18-5-7-20(8-6-18)21(22-24-25-26-29(22)14-15-30-2)28-12-10-27(11-13-28)17-19-4-3-9-23-16-19/h3-9,16,21H,10-15,17H2,1-2H3/t21-/m0/s1. The molecule has 1 fully saturated rings. The third-order valence-corrected chi connectivity index (χ3v) is 5.61. The number of hydrogen-bond donors (Lipinski definition) is 0. The number of aryl methyl sites for hydroxylation is 1. The molecule has 8 heteroatoms. The molecule has 1 aromatic carbocycles. The molecule has 2 aromatic heterocycles. The molecule has 0 unspecified atom stereocenters. The first kappa shape index (κ1) is 20.6. The Morgan fingerprint density at radius 1 is 1.07 bits per heavy atom. The highest BCUT2D eigenvalue weighted by Gasteiger charge is 2.30. The van der Waals surface area contributed by atoms with Crippen LogP contribution in [0.25, 0.3) is 0 Å². The van der Waals surface area contributed by atoms with Gasteiger partial charge in [0, 0.05) is 52.2 Å². The number of hydrogen-bond acceptors (Lipinski definition) is 7. The SMILES string of the molecule is COCCn1nnnc1[C@H](c1ccc(C)cc1)N1CCN(Cc2cccnc2)CC1. The molecule has 3 heterocycles. The topological polar surface area (TPSA) is 72.2 Å². The summed E-state index contributed by atoms with van der Waals surface area (Å²) in [5.74, 6) is 0.872. The van der Waals surface area contributed by atoms with E-state index >= 15 is 0 Å². The van der Waals surface area contributed by atoms with E-state index in [9.17, 15) is 0 Å². The summed E-state index contributed by atoms with van der Waals surface area (Å²) in [5, 5.41) is 12.6. The first-order valence-corrected chi connectivity index (χ1v) is 10.4. The molecule has 0 N–H and O–H groups in total. The number of rotatable bonds is 8. The maximum absolute atomic E-state index is 5.25. The minimum Gasteiger partial charge on any atom is -0.383 e. The molecule has 0 spiro atoms. The fourth-order valence-electron chi connectivity index (χ4n) is 3.95. The van der Waals surface area contributed by atoms with Crippen molar-refractivity contribution in [3.8, 4) is 0 Å². The van der Waals surface area contributed by atoms with Crippen molar-refractivity contribution in [2.75, 3.05) is 39.9 Å². The average molecular weight is 408 g/mol. The lowest BCUT2D eigenvalue weighted by molar-refractivity contribution is 0.0988. The summed E-state index contributed by atoms with van der Waals surface area (Å²) in [5.41, 5.74) is 3.72. The minimum atomic E-state index is 0.0259. The van der Waals surface area contributed by atoms with Crippen LogP contribution in [0.2, 0.25) is 0 Å². The quantitative estimate of drug-likeness (QED) is 0.565. The van der Waals surface area contributed by atoms with Gasteiger partial charge >= 0.3 is 0 Å². The lowest BCUT2D eigenvalue weighted by atomic mass is 10.0. The van der Waals surface area contributed by atoms with E-state index < -0.39 is 0 Å². The van der Waals surface area contributed by atoms with E-state index in [0.717, 1.165) is 38.5 Å². The van der Waals surface area contributed by atoms with Crippen LogP contribution in [-0.2, 0) is 17.8 Å². The minimum absolute atomic E-state index is 0.0259. The van der Waals surface area contributed by atoms with E-state index in [-0.39, 0.29) is 6.04 Å². The van der Waals surface area contributed by atoms with Crippen LogP contribution < -0.4 is 0 Å². The predicted molar refractivity (Wildman–Crippen MR) is 114 cm³/mol. The van der Waals surface area contributed by atoms with Crippen LogP contribution in [0.5, 0.6) is 0 Å². The van der Waals surface area contributed by atoms with E-state index in [1.54, 1.807) is 7.11 Å². The van der Waals surface area contributed by atoms with Gasteiger partial charge in [0.05, 0.1) is 19.2 Å². The number of pyridine rings is 1. The third kappa shape index (κ3) is 4.89. The summed E-state index contributed by atoms with van der Waals surface area (Å²) in [6, 6.07) is 12.9. The van der Waals surface area contributed by atoms with Crippen LogP contribution in [-0.4, -0.2) is 74.9 Å². The summed E-state index contributed by atoms with van der Waals surface area (Å²) in [6.07, 6.45) is 3.77. The Labute approximate surface area is 177 Å². The maximum Gasteiger partial charge on any atom is 0.173 e. The maximum atomic E-state index is 5.25. The number of tetrazole rings is 1. The molecule has 158 valence electrons. The molecule has 4 rings (SSSR count). The molecule has 0 amide bonds.